The van der Waals surface area contributed by atoms with E-state index < -0.39 is 5.97 Å². The number of amides is 1. The van der Waals surface area contributed by atoms with Crippen molar-refractivity contribution in [3.8, 4) is 12.8 Å². The number of aryl methyl sites for hydroxylation is 1. The van der Waals surface area contributed by atoms with E-state index in [-0.39, 0.29) is 12.5 Å². The highest BCUT2D eigenvalue weighted by Crippen LogP contribution is 2.03. The van der Waals surface area contributed by atoms with Crippen LogP contribution in [0.2, 0.25) is 0 Å². The number of nitrogens with one attached hydrogen (secondary N) is 1. The molecule has 4 heteroatoms. The van der Waals surface area contributed by atoms with Crippen LogP contribution in [0.25, 0.3) is 0 Å². The third kappa shape index (κ3) is 14.1. The van der Waals surface area contributed by atoms with Crippen molar-refractivity contribution >= 4 is 11.9 Å². The topological polar surface area (TPSA) is 55.4 Å². The van der Waals surface area contributed by atoms with Crippen molar-refractivity contribution in [3.05, 3.63) is 35.4 Å². The van der Waals surface area contributed by atoms with Crippen LogP contribution < -0.4 is 5.32 Å². The molecule has 1 rings (SSSR count). The molecule has 4 nitrogen and oxygen atoms in total. The number of rotatable bonds is 3. The van der Waals surface area contributed by atoms with Gasteiger partial charge in [0.25, 0.3) is 5.91 Å². The summed E-state index contributed by atoms with van der Waals surface area (Å²) in [5.41, 5.74) is 1.54. The maximum atomic E-state index is 11.5. The summed E-state index contributed by atoms with van der Waals surface area (Å²) < 4.78 is 4.41. The smallest absolute Gasteiger partial charge is 0.325 e. The third-order valence-electron chi connectivity index (χ3n) is 1.90. The molecular formula is C18H29NO3. The fourth-order valence-corrected chi connectivity index (χ4v) is 1.11. The van der Waals surface area contributed by atoms with Crippen molar-refractivity contribution in [1.82, 2.24) is 5.32 Å². The van der Waals surface area contributed by atoms with Gasteiger partial charge in [0.15, 0.2) is 0 Å². The summed E-state index contributed by atoms with van der Waals surface area (Å²) in [5.74, 6) is -0.736. The van der Waals surface area contributed by atoms with Crippen LogP contribution in [-0.2, 0) is 9.53 Å². The first-order valence-corrected chi connectivity index (χ1v) is 7.30. The zero-order valence-corrected chi connectivity index (χ0v) is 14.6. The summed E-state index contributed by atoms with van der Waals surface area (Å²) in [4.78, 5) is 22.3. The van der Waals surface area contributed by atoms with Gasteiger partial charge in [0.2, 0.25) is 0 Å². The van der Waals surface area contributed by atoms with Crippen LogP contribution >= 0.6 is 0 Å². The van der Waals surface area contributed by atoms with Crippen LogP contribution in [0.3, 0.4) is 0 Å². The summed E-state index contributed by atoms with van der Waals surface area (Å²) in [6.45, 7) is 10.0. The fraction of sp³-hybridized carbons (Fsp3) is 0.444. The summed E-state index contributed by atoms with van der Waals surface area (Å²) in [6, 6.07) is 7.14. The van der Waals surface area contributed by atoms with Gasteiger partial charge in [-0.05, 0) is 19.1 Å². The number of methoxy groups -OCH3 is 1. The van der Waals surface area contributed by atoms with E-state index in [1.54, 1.807) is 18.2 Å². The Labute approximate surface area is 135 Å². The van der Waals surface area contributed by atoms with Crippen LogP contribution in [-0.4, -0.2) is 25.5 Å². The van der Waals surface area contributed by atoms with Gasteiger partial charge < -0.3 is 10.1 Å². The normalized spacial score (nSPS) is 7.64. The van der Waals surface area contributed by atoms with Gasteiger partial charge in [-0.25, -0.2) is 0 Å². The number of carbonyl (C=O) groups is 2. The Balaban J connectivity index is -0.000000446. The van der Waals surface area contributed by atoms with Gasteiger partial charge in [0, 0.05) is 5.56 Å². The highest BCUT2D eigenvalue weighted by atomic mass is 16.5. The van der Waals surface area contributed by atoms with Crippen molar-refractivity contribution in [2.75, 3.05) is 13.7 Å². The van der Waals surface area contributed by atoms with Crippen molar-refractivity contribution in [2.45, 2.75) is 41.0 Å². The largest absolute Gasteiger partial charge is 0.468 e. The van der Waals surface area contributed by atoms with Crippen molar-refractivity contribution in [2.24, 2.45) is 0 Å². The van der Waals surface area contributed by atoms with Gasteiger partial charge in [0.05, 0.1) is 7.11 Å². The van der Waals surface area contributed by atoms with Crippen molar-refractivity contribution in [3.63, 3.8) is 0 Å². The predicted octanol–water partition coefficient (Wildman–Crippen LogP) is 3.59. The average Bonchev–Trinajstić information content (AvgIpc) is 2.56. The molecule has 0 heterocycles. The van der Waals surface area contributed by atoms with Crippen LogP contribution in [0, 0.1) is 19.8 Å². The van der Waals surface area contributed by atoms with Gasteiger partial charge in [0.1, 0.15) is 6.54 Å². The number of benzene rings is 1. The molecule has 0 atom stereocenters. The van der Waals surface area contributed by atoms with E-state index in [1.807, 2.05) is 26.8 Å². The van der Waals surface area contributed by atoms with Gasteiger partial charge in [-0.15, -0.1) is 12.8 Å². The van der Waals surface area contributed by atoms with E-state index in [0.29, 0.717) is 5.56 Å². The molecule has 22 heavy (non-hydrogen) atoms. The Morgan fingerprint density at radius 3 is 2.09 bits per heavy atom. The molecule has 1 amide bonds. The lowest BCUT2D eigenvalue weighted by molar-refractivity contribution is -0.139. The number of terminal acetylenes is 1. The minimum atomic E-state index is -0.462. The Bertz CT molecular complexity index is 425. The summed E-state index contributed by atoms with van der Waals surface area (Å²) in [6.07, 6.45) is 9.25. The molecular weight excluding hydrogens is 278 g/mol. The lowest BCUT2D eigenvalue weighted by atomic mass is 10.1. The Kier molecular flexibility index (Phi) is 21.0. The van der Waals surface area contributed by atoms with Crippen LogP contribution in [0.1, 0.15) is 50.0 Å². The molecule has 0 saturated heterocycles. The molecule has 0 aliphatic heterocycles. The maximum absolute atomic E-state index is 11.5. The molecule has 0 radical (unpaired) electrons. The minimum Gasteiger partial charge on any atom is -0.468 e. The lowest BCUT2D eigenvalue weighted by Gasteiger charge is -2.04. The van der Waals surface area contributed by atoms with E-state index in [2.05, 4.69) is 36.7 Å². The number of hydrogen-bond donors (Lipinski definition) is 1. The van der Waals surface area contributed by atoms with Crippen molar-refractivity contribution < 1.29 is 14.3 Å². The maximum Gasteiger partial charge on any atom is 0.325 e. The van der Waals surface area contributed by atoms with E-state index in [9.17, 15) is 9.59 Å². The second-order valence-electron chi connectivity index (χ2n) is 3.84. The first kappa shape index (κ1) is 24.7. The highest BCUT2D eigenvalue weighted by molar-refractivity contribution is 5.96. The number of hydrogen-bond acceptors (Lipinski definition) is 3. The summed E-state index contributed by atoms with van der Waals surface area (Å²) in [5, 5.41) is 2.46. The lowest BCUT2D eigenvalue weighted by Crippen LogP contribution is -2.30. The van der Waals surface area contributed by atoms with Crippen LogP contribution in [0.15, 0.2) is 24.3 Å². The molecule has 0 bridgehead atoms. The zero-order chi connectivity index (χ0) is 18.0. The molecule has 0 saturated carbocycles. The Hall–Kier alpha value is -2.28. The van der Waals surface area contributed by atoms with Crippen molar-refractivity contribution in [1.29, 1.82) is 0 Å². The second-order valence-corrected chi connectivity index (χ2v) is 3.84. The predicted molar refractivity (Wildman–Crippen MR) is 92.7 cm³/mol. The molecule has 0 aliphatic carbocycles. The minimum absolute atomic E-state index is 0.108. The highest BCUT2D eigenvalue weighted by Gasteiger charge is 2.07. The summed E-state index contributed by atoms with van der Waals surface area (Å²) >= 11 is 0. The number of ether oxygens (including phenoxy) is 1. The van der Waals surface area contributed by atoms with Gasteiger partial charge in [-0.2, -0.15) is 0 Å². The molecule has 124 valence electrons. The molecule has 0 spiro atoms. The van der Waals surface area contributed by atoms with Gasteiger partial charge in [-0.1, -0.05) is 51.8 Å². The molecule has 1 N–H and O–H groups in total. The van der Waals surface area contributed by atoms with Crippen LogP contribution in [0.4, 0.5) is 0 Å². The first-order valence-electron chi connectivity index (χ1n) is 7.30. The SMILES string of the molecule is C#C.CC.CCC.COC(=O)CNC(=O)c1cccc(C)c1. The standard InChI is InChI=1S/C11H13NO3.C3H8.C2H6.C2H2/c1-8-4-3-5-9(6-8)11(14)12-7-10(13)15-2;1-3-2;2*1-2/h3-6H,7H2,1-2H3,(H,12,14);3H2,1-2H3;1-2H3;1-2H. The molecule has 1 aromatic rings. The fourth-order valence-electron chi connectivity index (χ4n) is 1.11. The van der Waals surface area contributed by atoms with Gasteiger partial charge >= 0.3 is 5.97 Å². The van der Waals surface area contributed by atoms with E-state index in [4.69, 9.17) is 0 Å². The molecule has 0 aliphatic rings. The molecule has 0 aromatic heterocycles. The van der Waals surface area contributed by atoms with E-state index >= 15 is 0 Å². The number of esters is 1. The van der Waals surface area contributed by atoms with Crippen LogP contribution in [0.5, 0.6) is 0 Å². The van der Waals surface area contributed by atoms with E-state index in [0.717, 1.165) is 5.56 Å². The first-order chi connectivity index (χ1) is 10.5. The second kappa shape index (κ2) is 18.7. The number of carbonyl (C=O) groups excluding carboxylic acids is 2. The quantitative estimate of drug-likeness (QED) is 0.686. The third-order valence-corrected chi connectivity index (χ3v) is 1.90. The van der Waals surface area contributed by atoms with Gasteiger partial charge in [-0.3, -0.25) is 9.59 Å². The zero-order valence-electron chi connectivity index (χ0n) is 14.6. The Morgan fingerprint density at radius 2 is 1.68 bits per heavy atom. The Morgan fingerprint density at radius 1 is 1.18 bits per heavy atom. The van der Waals surface area contributed by atoms with E-state index in [1.165, 1.54) is 13.5 Å². The summed E-state index contributed by atoms with van der Waals surface area (Å²) in [7, 11) is 1.28. The molecule has 0 unspecified atom stereocenters. The molecule has 0 fully saturated rings. The average molecular weight is 307 g/mol. The monoisotopic (exact) mass is 307 g/mol. The molecule has 1 aromatic carbocycles.